The maximum atomic E-state index is 8.52. The summed E-state index contributed by atoms with van der Waals surface area (Å²) in [5.74, 6) is 0.845. The van der Waals surface area contributed by atoms with E-state index in [0.717, 1.165) is 18.9 Å². The van der Waals surface area contributed by atoms with Crippen LogP contribution in [0.4, 0.5) is 0 Å². The molecule has 0 aromatic heterocycles. The molecule has 0 amide bonds. The van der Waals surface area contributed by atoms with Gasteiger partial charge in [0.05, 0.1) is 52.9 Å². The summed E-state index contributed by atoms with van der Waals surface area (Å²) in [6, 6.07) is 0. The molecule has 0 fully saturated rings. The minimum absolute atomic E-state index is 0.0570. The Labute approximate surface area is 149 Å². The van der Waals surface area contributed by atoms with E-state index in [4.69, 9.17) is 24.1 Å². The number of unbranched alkanes of at least 4 members (excludes halogenated alkanes) is 5. The highest BCUT2D eigenvalue weighted by Crippen LogP contribution is 2.11. The van der Waals surface area contributed by atoms with Gasteiger partial charge < -0.3 is 24.1 Å². The van der Waals surface area contributed by atoms with Crippen molar-refractivity contribution in [3.8, 4) is 0 Å². The van der Waals surface area contributed by atoms with Crippen LogP contribution >= 0.6 is 0 Å². The van der Waals surface area contributed by atoms with Crippen molar-refractivity contribution in [3.05, 3.63) is 0 Å². The molecule has 5 heteroatoms. The fourth-order valence-corrected chi connectivity index (χ4v) is 2.29. The molecule has 0 unspecified atom stereocenters. The van der Waals surface area contributed by atoms with Crippen molar-refractivity contribution in [2.24, 2.45) is 5.92 Å². The van der Waals surface area contributed by atoms with Gasteiger partial charge in [-0.2, -0.15) is 0 Å². The minimum Gasteiger partial charge on any atom is -0.394 e. The number of rotatable bonds is 20. The summed E-state index contributed by atoms with van der Waals surface area (Å²) in [7, 11) is 0. The van der Waals surface area contributed by atoms with Gasteiger partial charge in [0, 0.05) is 6.61 Å². The van der Waals surface area contributed by atoms with Crippen LogP contribution in [-0.2, 0) is 18.9 Å². The number of aliphatic hydroxyl groups excluding tert-OH is 1. The molecular formula is C19H40O5. The van der Waals surface area contributed by atoms with Crippen molar-refractivity contribution in [2.75, 3.05) is 59.5 Å². The van der Waals surface area contributed by atoms with Gasteiger partial charge in [-0.1, -0.05) is 52.4 Å². The fourth-order valence-electron chi connectivity index (χ4n) is 2.29. The summed E-state index contributed by atoms with van der Waals surface area (Å²) in [6.45, 7) is 9.35. The molecule has 0 aliphatic rings. The van der Waals surface area contributed by atoms with Crippen molar-refractivity contribution in [2.45, 2.75) is 58.8 Å². The lowest BCUT2D eigenvalue weighted by Gasteiger charge is -2.07. The zero-order valence-electron chi connectivity index (χ0n) is 16.0. The van der Waals surface area contributed by atoms with Gasteiger partial charge in [-0.15, -0.1) is 0 Å². The van der Waals surface area contributed by atoms with E-state index in [1.807, 2.05) is 0 Å². The maximum Gasteiger partial charge on any atom is 0.0701 e. The summed E-state index contributed by atoms with van der Waals surface area (Å²) in [5, 5.41) is 8.52. The van der Waals surface area contributed by atoms with Crippen molar-refractivity contribution < 1.29 is 24.1 Å². The van der Waals surface area contributed by atoms with E-state index < -0.39 is 0 Å². The molecule has 0 saturated carbocycles. The highest BCUT2D eigenvalue weighted by Gasteiger charge is 1.96. The molecule has 0 aliphatic carbocycles. The third-order valence-electron chi connectivity index (χ3n) is 3.67. The van der Waals surface area contributed by atoms with Crippen LogP contribution in [0.5, 0.6) is 0 Å². The first-order chi connectivity index (χ1) is 11.8. The van der Waals surface area contributed by atoms with E-state index in [1.54, 1.807) is 0 Å². The molecule has 0 aliphatic heterocycles. The van der Waals surface area contributed by atoms with Crippen molar-refractivity contribution in [1.29, 1.82) is 0 Å². The van der Waals surface area contributed by atoms with E-state index in [1.165, 1.54) is 38.5 Å². The number of hydrogen-bond acceptors (Lipinski definition) is 5. The summed E-state index contributed by atoms with van der Waals surface area (Å²) in [5.41, 5.74) is 0. The van der Waals surface area contributed by atoms with E-state index in [9.17, 15) is 0 Å². The van der Waals surface area contributed by atoms with Crippen LogP contribution in [0.25, 0.3) is 0 Å². The number of aliphatic hydroxyl groups is 1. The summed E-state index contributed by atoms with van der Waals surface area (Å²) in [6.07, 6.45) is 9.24. The van der Waals surface area contributed by atoms with Gasteiger partial charge >= 0.3 is 0 Å². The quantitative estimate of drug-likeness (QED) is 0.342. The topological polar surface area (TPSA) is 57.2 Å². The van der Waals surface area contributed by atoms with Gasteiger partial charge in [-0.3, -0.25) is 0 Å². The van der Waals surface area contributed by atoms with Crippen molar-refractivity contribution in [3.63, 3.8) is 0 Å². The molecule has 146 valence electrons. The van der Waals surface area contributed by atoms with Crippen LogP contribution < -0.4 is 0 Å². The lowest BCUT2D eigenvalue weighted by atomic mass is 10.0. The second-order valence-corrected chi connectivity index (χ2v) is 6.48. The Hall–Kier alpha value is -0.200. The molecule has 1 N–H and O–H groups in total. The molecule has 0 bridgehead atoms. The van der Waals surface area contributed by atoms with Gasteiger partial charge in [0.1, 0.15) is 0 Å². The Morgan fingerprint density at radius 2 is 0.958 bits per heavy atom. The first-order valence-electron chi connectivity index (χ1n) is 9.69. The smallest absolute Gasteiger partial charge is 0.0701 e. The Kier molecular flexibility index (Phi) is 20.7. The van der Waals surface area contributed by atoms with Gasteiger partial charge in [0.15, 0.2) is 0 Å². The second kappa shape index (κ2) is 20.8. The van der Waals surface area contributed by atoms with Gasteiger partial charge in [0.25, 0.3) is 0 Å². The third kappa shape index (κ3) is 21.8. The van der Waals surface area contributed by atoms with Crippen LogP contribution in [0.3, 0.4) is 0 Å². The Morgan fingerprint density at radius 1 is 0.542 bits per heavy atom. The summed E-state index contributed by atoms with van der Waals surface area (Å²) < 4.78 is 21.4. The molecule has 0 atom stereocenters. The van der Waals surface area contributed by atoms with E-state index >= 15 is 0 Å². The lowest BCUT2D eigenvalue weighted by Crippen LogP contribution is -2.12. The monoisotopic (exact) mass is 348 g/mol. The van der Waals surface area contributed by atoms with Crippen LogP contribution in [0, 0.1) is 5.92 Å². The van der Waals surface area contributed by atoms with Crippen LogP contribution in [0.1, 0.15) is 58.8 Å². The minimum atomic E-state index is 0.0570. The Morgan fingerprint density at radius 3 is 1.46 bits per heavy atom. The highest BCUT2D eigenvalue weighted by atomic mass is 16.6. The second-order valence-electron chi connectivity index (χ2n) is 6.48. The first kappa shape index (κ1) is 23.8. The molecular weight excluding hydrogens is 308 g/mol. The van der Waals surface area contributed by atoms with Crippen LogP contribution in [-0.4, -0.2) is 64.6 Å². The van der Waals surface area contributed by atoms with Gasteiger partial charge in [0.2, 0.25) is 0 Å². The Bertz CT molecular complexity index is 224. The first-order valence-corrected chi connectivity index (χ1v) is 9.69. The zero-order chi connectivity index (χ0) is 17.7. The standard InChI is InChI=1S/C19H40O5/c1-19(2)9-7-5-3-4-6-8-11-21-13-15-23-17-18-24-16-14-22-12-10-20/h19-20H,3-18H2,1-2H3. The molecule has 0 aromatic carbocycles. The molecule has 24 heavy (non-hydrogen) atoms. The normalized spacial score (nSPS) is 11.5. The number of ether oxygens (including phenoxy) is 4. The Balaban J connectivity index is 2.95. The largest absolute Gasteiger partial charge is 0.394 e. The molecule has 0 heterocycles. The maximum absolute atomic E-state index is 8.52. The SMILES string of the molecule is CC(C)CCCCCCCCOCCOCCOCCOCCO. The third-order valence-corrected chi connectivity index (χ3v) is 3.67. The lowest BCUT2D eigenvalue weighted by molar-refractivity contribution is -0.00577. The average Bonchev–Trinajstić information content (AvgIpc) is 2.56. The number of hydrogen-bond donors (Lipinski definition) is 1. The average molecular weight is 349 g/mol. The molecule has 0 radical (unpaired) electrons. The summed E-state index contributed by atoms with van der Waals surface area (Å²) >= 11 is 0. The predicted octanol–water partition coefficient (Wildman–Crippen LogP) is 3.43. The van der Waals surface area contributed by atoms with E-state index in [2.05, 4.69) is 13.8 Å². The van der Waals surface area contributed by atoms with Crippen LogP contribution in [0.2, 0.25) is 0 Å². The highest BCUT2D eigenvalue weighted by molar-refractivity contribution is 4.49. The van der Waals surface area contributed by atoms with Crippen molar-refractivity contribution in [1.82, 2.24) is 0 Å². The zero-order valence-corrected chi connectivity index (χ0v) is 16.0. The van der Waals surface area contributed by atoms with Gasteiger partial charge in [-0.05, 0) is 12.3 Å². The fraction of sp³-hybridized carbons (Fsp3) is 1.00. The van der Waals surface area contributed by atoms with Crippen LogP contribution in [0.15, 0.2) is 0 Å². The molecule has 5 nitrogen and oxygen atoms in total. The van der Waals surface area contributed by atoms with Gasteiger partial charge in [-0.25, -0.2) is 0 Å². The molecule has 0 saturated heterocycles. The van der Waals surface area contributed by atoms with Crippen molar-refractivity contribution >= 4 is 0 Å². The van der Waals surface area contributed by atoms with E-state index in [-0.39, 0.29) is 6.61 Å². The predicted molar refractivity (Wildman–Crippen MR) is 97.5 cm³/mol. The molecule has 0 aromatic rings. The molecule has 0 rings (SSSR count). The van der Waals surface area contributed by atoms with E-state index in [0.29, 0.717) is 46.2 Å². The molecule has 0 spiro atoms. The summed E-state index contributed by atoms with van der Waals surface area (Å²) in [4.78, 5) is 0.